The summed E-state index contributed by atoms with van der Waals surface area (Å²) in [4.78, 5) is 0.00932. The van der Waals surface area contributed by atoms with E-state index in [1.54, 1.807) is 31.2 Å². The Balaban J connectivity index is 2.37. The van der Waals surface area contributed by atoms with Crippen LogP contribution in [0.5, 0.6) is 5.75 Å². The average Bonchev–Trinajstić information content (AvgIpc) is 2.34. The number of phenols is 1. The van der Waals surface area contributed by atoms with E-state index in [0.717, 1.165) is 0 Å². The summed E-state index contributed by atoms with van der Waals surface area (Å²) >= 11 is 0. The summed E-state index contributed by atoms with van der Waals surface area (Å²) in [6, 6.07) is 10.7. The highest BCUT2D eigenvalue weighted by Gasteiger charge is 2.17. The number of anilines is 2. The quantitative estimate of drug-likeness (QED) is 0.749. The van der Waals surface area contributed by atoms with Crippen LogP contribution >= 0.6 is 0 Å². The molecule has 0 aromatic heterocycles. The van der Waals surface area contributed by atoms with E-state index in [1.807, 2.05) is 0 Å². The summed E-state index contributed by atoms with van der Waals surface area (Å²) in [6.07, 6.45) is 0. The van der Waals surface area contributed by atoms with Gasteiger partial charge in [0.2, 0.25) is 0 Å². The molecule has 0 bridgehead atoms. The highest BCUT2D eigenvalue weighted by molar-refractivity contribution is 7.92. The smallest absolute Gasteiger partial charge is 0.263 e. The first-order valence-corrected chi connectivity index (χ1v) is 7.05. The first-order chi connectivity index (χ1) is 8.90. The van der Waals surface area contributed by atoms with Crippen molar-refractivity contribution in [1.82, 2.24) is 0 Å². The number of phenolic OH excluding ortho intramolecular Hbond substituents is 1. The number of aryl methyl sites for hydroxylation is 1. The van der Waals surface area contributed by atoms with Crippen LogP contribution in [0.2, 0.25) is 0 Å². The molecule has 6 heteroatoms. The molecule has 100 valence electrons. The Morgan fingerprint density at radius 3 is 2.47 bits per heavy atom. The molecule has 0 spiro atoms. The molecule has 0 aliphatic carbocycles. The molecule has 0 fully saturated rings. The van der Waals surface area contributed by atoms with Gasteiger partial charge in [0.15, 0.2) is 0 Å². The first-order valence-electron chi connectivity index (χ1n) is 5.57. The molecule has 4 N–H and O–H groups in total. The summed E-state index contributed by atoms with van der Waals surface area (Å²) in [7, 11) is -3.76. The van der Waals surface area contributed by atoms with Gasteiger partial charge in [0.05, 0.1) is 11.4 Å². The van der Waals surface area contributed by atoms with E-state index in [2.05, 4.69) is 4.72 Å². The molecule has 0 heterocycles. The van der Waals surface area contributed by atoms with E-state index < -0.39 is 10.0 Å². The zero-order valence-corrected chi connectivity index (χ0v) is 11.1. The van der Waals surface area contributed by atoms with Crippen molar-refractivity contribution in [2.45, 2.75) is 11.8 Å². The minimum absolute atomic E-state index is 0.00932. The Morgan fingerprint density at radius 2 is 1.84 bits per heavy atom. The fourth-order valence-corrected chi connectivity index (χ4v) is 2.79. The summed E-state index contributed by atoms with van der Waals surface area (Å²) < 4.78 is 26.7. The maximum Gasteiger partial charge on any atom is 0.263 e. The second-order valence-corrected chi connectivity index (χ2v) is 5.80. The van der Waals surface area contributed by atoms with Gasteiger partial charge in [-0.1, -0.05) is 18.2 Å². The Bertz CT molecular complexity index is 712. The highest BCUT2D eigenvalue weighted by atomic mass is 32.2. The number of sulfonamides is 1. The van der Waals surface area contributed by atoms with E-state index >= 15 is 0 Å². The third kappa shape index (κ3) is 2.79. The normalized spacial score (nSPS) is 11.2. The zero-order valence-electron chi connectivity index (χ0n) is 10.3. The lowest BCUT2D eigenvalue weighted by Crippen LogP contribution is -2.14. The van der Waals surface area contributed by atoms with Crippen molar-refractivity contribution in [2.24, 2.45) is 0 Å². The second kappa shape index (κ2) is 4.81. The largest absolute Gasteiger partial charge is 0.508 e. The molecule has 0 aliphatic heterocycles. The van der Waals surface area contributed by atoms with Crippen molar-refractivity contribution in [2.75, 3.05) is 10.5 Å². The Hall–Kier alpha value is -2.21. The number of rotatable bonds is 3. The van der Waals surface area contributed by atoms with E-state index in [9.17, 15) is 13.5 Å². The molecule has 0 amide bonds. The van der Waals surface area contributed by atoms with Gasteiger partial charge in [0.1, 0.15) is 10.6 Å². The van der Waals surface area contributed by atoms with Crippen LogP contribution in [0.15, 0.2) is 47.4 Å². The molecule has 2 aromatic carbocycles. The lowest BCUT2D eigenvalue weighted by molar-refractivity contribution is 0.471. The van der Waals surface area contributed by atoms with Crippen LogP contribution in [-0.4, -0.2) is 13.5 Å². The van der Waals surface area contributed by atoms with Gasteiger partial charge in [-0.2, -0.15) is 0 Å². The molecule has 0 aliphatic rings. The van der Waals surface area contributed by atoms with Crippen molar-refractivity contribution in [1.29, 1.82) is 0 Å². The molecule has 0 unspecified atom stereocenters. The molecule has 0 atom stereocenters. The number of para-hydroxylation sites is 1. The number of nitrogens with two attached hydrogens (primary N) is 1. The molecule has 19 heavy (non-hydrogen) atoms. The van der Waals surface area contributed by atoms with Crippen LogP contribution in [-0.2, 0) is 10.0 Å². The first kappa shape index (κ1) is 13.2. The maximum atomic E-state index is 12.1. The molecular formula is C13H14N2O3S. The monoisotopic (exact) mass is 278 g/mol. The Morgan fingerprint density at radius 1 is 1.16 bits per heavy atom. The van der Waals surface area contributed by atoms with Crippen LogP contribution in [0.25, 0.3) is 0 Å². The van der Waals surface area contributed by atoms with E-state index in [-0.39, 0.29) is 22.0 Å². The van der Waals surface area contributed by atoms with Crippen LogP contribution < -0.4 is 10.5 Å². The highest BCUT2D eigenvalue weighted by Crippen LogP contribution is 2.25. The zero-order chi connectivity index (χ0) is 14.0. The van der Waals surface area contributed by atoms with Gasteiger partial charge in [-0.05, 0) is 30.7 Å². The molecule has 5 nitrogen and oxygen atoms in total. The topological polar surface area (TPSA) is 92.4 Å². The van der Waals surface area contributed by atoms with E-state index in [1.165, 1.54) is 18.2 Å². The summed E-state index contributed by atoms with van der Waals surface area (Å²) in [5, 5.41) is 9.56. The number of benzene rings is 2. The second-order valence-electron chi connectivity index (χ2n) is 4.14. The summed E-state index contributed by atoms with van der Waals surface area (Å²) in [6.45, 7) is 1.72. The van der Waals surface area contributed by atoms with E-state index in [4.69, 9.17) is 5.73 Å². The fourth-order valence-electron chi connectivity index (χ4n) is 1.61. The minimum atomic E-state index is -3.76. The number of hydrogen-bond donors (Lipinski definition) is 3. The predicted octanol–water partition coefficient (Wildman–Crippen LogP) is 2.08. The van der Waals surface area contributed by atoms with Gasteiger partial charge < -0.3 is 10.8 Å². The maximum absolute atomic E-state index is 12.1. The van der Waals surface area contributed by atoms with Gasteiger partial charge in [-0.3, -0.25) is 4.72 Å². The van der Waals surface area contributed by atoms with Gasteiger partial charge in [0.25, 0.3) is 10.0 Å². The fraction of sp³-hybridized carbons (Fsp3) is 0.0769. The predicted molar refractivity (Wildman–Crippen MR) is 74.5 cm³/mol. The Kier molecular flexibility index (Phi) is 3.35. The lowest BCUT2D eigenvalue weighted by atomic mass is 10.2. The average molecular weight is 278 g/mol. The molecule has 2 aromatic rings. The third-order valence-electron chi connectivity index (χ3n) is 2.67. The van der Waals surface area contributed by atoms with Crippen LogP contribution in [0.1, 0.15) is 5.56 Å². The van der Waals surface area contributed by atoms with Gasteiger partial charge in [0, 0.05) is 6.07 Å². The molecular weight excluding hydrogens is 264 g/mol. The number of nitrogens with one attached hydrogen (secondary N) is 1. The minimum Gasteiger partial charge on any atom is -0.508 e. The van der Waals surface area contributed by atoms with Gasteiger partial charge in [-0.15, -0.1) is 0 Å². The van der Waals surface area contributed by atoms with Crippen molar-refractivity contribution in [3.05, 3.63) is 48.0 Å². The number of nitrogen functional groups attached to an aromatic ring is 1. The van der Waals surface area contributed by atoms with Crippen LogP contribution in [0.4, 0.5) is 11.4 Å². The van der Waals surface area contributed by atoms with Crippen molar-refractivity contribution in [3.8, 4) is 5.75 Å². The molecule has 2 rings (SSSR count). The number of hydrogen-bond acceptors (Lipinski definition) is 4. The lowest BCUT2D eigenvalue weighted by Gasteiger charge is -2.10. The summed E-state index contributed by atoms with van der Waals surface area (Å²) in [5.41, 5.74) is 6.77. The standard InChI is InChI=1S/C13H14N2O3S/c1-9-6-7-10(8-12(9)16)15-19(17,18)13-5-3-2-4-11(13)14/h2-8,15-16H,14H2,1H3. The van der Waals surface area contributed by atoms with Crippen molar-refractivity contribution < 1.29 is 13.5 Å². The van der Waals surface area contributed by atoms with Gasteiger partial charge in [-0.25, -0.2) is 8.42 Å². The SMILES string of the molecule is Cc1ccc(NS(=O)(=O)c2ccccc2N)cc1O. The van der Waals surface area contributed by atoms with Crippen molar-refractivity contribution >= 4 is 21.4 Å². The van der Waals surface area contributed by atoms with Crippen molar-refractivity contribution in [3.63, 3.8) is 0 Å². The molecule has 0 radical (unpaired) electrons. The van der Waals surface area contributed by atoms with E-state index in [0.29, 0.717) is 5.56 Å². The summed E-state index contributed by atoms with van der Waals surface area (Å²) in [5.74, 6) is 0.0289. The molecule has 0 saturated heterocycles. The molecule has 0 saturated carbocycles. The Labute approximate surface area is 111 Å². The van der Waals surface area contributed by atoms with Gasteiger partial charge >= 0.3 is 0 Å². The third-order valence-corrected chi connectivity index (χ3v) is 4.13. The number of aromatic hydroxyl groups is 1. The van der Waals surface area contributed by atoms with Crippen LogP contribution in [0.3, 0.4) is 0 Å². The van der Waals surface area contributed by atoms with Crippen LogP contribution in [0, 0.1) is 6.92 Å².